The van der Waals surface area contributed by atoms with E-state index in [4.69, 9.17) is 5.73 Å². The van der Waals surface area contributed by atoms with Crippen LogP contribution in [0.1, 0.15) is 26.2 Å². The van der Waals surface area contributed by atoms with Gasteiger partial charge in [0.1, 0.15) is 0 Å². The molecule has 1 aliphatic carbocycles. The second-order valence-electron chi connectivity index (χ2n) is 2.41. The summed E-state index contributed by atoms with van der Waals surface area (Å²) in [6, 6.07) is 0. The summed E-state index contributed by atoms with van der Waals surface area (Å²) in [5, 5.41) is 0. The van der Waals surface area contributed by atoms with E-state index in [-0.39, 0.29) is 5.54 Å². The van der Waals surface area contributed by atoms with Gasteiger partial charge >= 0.3 is 0 Å². The van der Waals surface area contributed by atoms with Crippen LogP contribution in [0.25, 0.3) is 0 Å². The van der Waals surface area contributed by atoms with E-state index in [1.165, 1.54) is 6.42 Å². The van der Waals surface area contributed by atoms with Crippen LogP contribution in [-0.4, -0.2) is 5.54 Å². The highest BCUT2D eigenvalue weighted by molar-refractivity contribution is 4.86. The van der Waals surface area contributed by atoms with E-state index in [0.29, 0.717) is 0 Å². The SMILES string of the molecule is CC1([NH])CCC1. The van der Waals surface area contributed by atoms with E-state index >= 15 is 0 Å². The van der Waals surface area contributed by atoms with Crippen LogP contribution in [0.15, 0.2) is 0 Å². The molecule has 0 aliphatic heterocycles. The molecule has 0 unspecified atom stereocenters. The molecule has 0 aromatic heterocycles. The Labute approximate surface area is 38.5 Å². The maximum absolute atomic E-state index is 7.27. The van der Waals surface area contributed by atoms with Crippen molar-refractivity contribution in [3.63, 3.8) is 0 Å². The molecule has 1 fully saturated rings. The Kier molecular flexibility index (Phi) is 0.667. The Morgan fingerprint density at radius 3 is 1.83 bits per heavy atom. The zero-order valence-electron chi connectivity index (χ0n) is 4.12. The highest BCUT2D eigenvalue weighted by Crippen LogP contribution is 2.29. The van der Waals surface area contributed by atoms with Gasteiger partial charge in [-0.15, -0.1) is 0 Å². The first-order chi connectivity index (χ1) is 2.71. The fraction of sp³-hybridized carbons (Fsp3) is 1.00. The summed E-state index contributed by atoms with van der Waals surface area (Å²) in [5.41, 5.74) is 7.24. The van der Waals surface area contributed by atoms with Crippen molar-refractivity contribution in [2.24, 2.45) is 0 Å². The minimum Gasteiger partial charge on any atom is -0.251 e. The molecule has 1 nitrogen and oxygen atoms in total. The third-order valence-electron chi connectivity index (χ3n) is 1.46. The van der Waals surface area contributed by atoms with Crippen molar-refractivity contribution in [1.82, 2.24) is 5.73 Å². The van der Waals surface area contributed by atoms with Crippen LogP contribution in [0.4, 0.5) is 0 Å². The van der Waals surface area contributed by atoms with Crippen LogP contribution >= 0.6 is 0 Å². The molecule has 0 atom stereocenters. The van der Waals surface area contributed by atoms with Gasteiger partial charge in [0.2, 0.25) is 0 Å². The standard InChI is InChI=1S/C5H10N/c1-5(6)3-2-4-5/h6H,2-4H2,1H3. The number of rotatable bonds is 0. The summed E-state index contributed by atoms with van der Waals surface area (Å²) in [7, 11) is 0. The van der Waals surface area contributed by atoms with Crippen molar-refractivity contribution in [1.29, 1.82) is 0 Å². The lowest BCUT2D eigenvalue weighted by atomic mass is 9.80. The van der Waals surface area contributed by atoms with Crippen LogP contribution in [0.3, 0.4) is 0 Å². The van der Waals surface area contributed by atoms with Crippen LogP contribution in [0.5, 0.6) is 0 Å². The van der Waals surface area contributed by atoms with Crippen molar-refractivity contribution in [2.45, 2.75) is 31.7 Å². The number of nitrogens with one attached hydrogen (secondary N) is 1. The molecule has 1 N–H and O–H groups in total. The largest absolute Gasteiger partial charge is 0.251 e. The molecule has 0 aromatic rings. The third kappa shape index (κ3) is 0.548. The minimum atomic E-state index is -0.0278. The normalized spacial score (nSPS) is 29.0. The number of hydrogen-bond donors (Lipinski definition) is 0. The van der Waals surface area contributed by atoms with Gasteiger partial charge in [0.25, 0.3) is 0 Å². The highest BCUT2D eigenvalue weighted by Gasteiger charge is 2.26. The Bertz CT molecular complexity index is 51.0. The van der Waals surface area contributed by atoms with E-state index < -0.39 is 0 Å². The van der Waals surface area contributed by atoms with Crippen LogP contribution in [0, 0.1) is 0 Å². The average Bonchev–Trinajstić information content (AvgIpc) is 1.32. The molecule has 35 valence electrons. The van der Waals surface area contributed by atoms with Crippen LogP contribution in [0.2, 0.25) is 0 Å². The van der Waals surface area contributed by atoms with Crippen molar-refractivity contribution in [2.75, 3.05) is 0 Å². The van der Waals surface area contributed by atoms with Crippen LogP contribution < -0.4 is 5.73 Å². The van der Waals surface area contributed by atoms with Crippen molar-refractivity contribution >= 4 is 0 Å². The predicted octanol–water partition coefficient (Wildman–Crippen LogP) is 1.21. The molecular weight excluding hydrogens is 74.1 g/mol. The topological polar surface area (TPSA) is 23.8 Å². The van der Waals surface area contributed by atoms with Crippen molar-refractivity contribution < 1.29 is 0 Å². The van der Waals surface area contributed by atoms with Gasteiger partial charge in [-0.2, -0.15) is 0 Å². The predicted molar refractivity (Wildman–Crippen MR) is 25.4 cm³/mol. The maximum Gasteiger partial charge on any atom is 0.0295 e. The summed E-state index contributed by atoms with van der Waals surface area (Å²) >= 11 is 0. The van der Waals surface area contributed by atoms with Gasteiger partial charge in [0, 0.05) is 5.54 Å². The summed E-state index contributed by atoms with van der Waals surface area (Å²) < 4.78 is 0. The monoisotopic (exact) mass is 84.1 g/mol. The fourth-order valence-electron chi connectivity index (χ4n) is 0.707. The molecule has 6 heavy (non-hydrogen) atoms. The van der Waals surface area contributed by atoms with Gasteiger partial charge in [0.15, 0.2) is 0 Å². The minimum absolute atomic E-state index is 0.0278. The Hall–Kier alpha value is -0.0400. The van der Waals surface area contributed by atoms with Crippen molar-refractivity contribution in [3.8, 4) is 0 Å². The van der Waals surface area contributed by atoms with Gasteiger partial charge in [-0.1, -0.05) is 0 Å². The van der Waals surface area contributed by atoms with Gasteiger partial charge in [0.05, 0.1) is 0 Å². The quantitative estimate of drug-likeness (QED) is 0.421. The summed E-state index contributed by atoms with van der Waals surface area (Å²) in [5.74, 6) is 0. The molecule has 1 aliphatic rings. The first kappa shape index (κ1) is 4.13. The second-order valence-corrected chi connectivity index (χ2v) is 2.41. The first-order valence-corrected chi connectivity index (χ1v) is 2.46. The smallest absolute Gasteiger partial charge is 0.0295 e. The second kappa shape index (κ2) is 0.969. The lowest BCUT2D eigenvalue weighted by molar-refractivity contribution is 0.265. The van der Waals surface area contributed by atoms with Gasteiger partial charge in [-0.3, -0.25) is 5.73 Å². The molecular formula is C5H10N. The van der Waals surface area contributed by atoms with Gasteiger partial charge in [-0.05, 0) is 26.2 Å². The molecule has 0 spiro atoms. The summed E-state index contributed by atoms with van der Waals surface area (Å²) in [4.78, 5) is 0. The van der Waals surface area contributed by atoms with E-state index in [9.17, 15) is 0 Å². The zero-order valence-corrected chi connectivity index (χ0v) is 4.12. The highest BCUT2D eigenvalue weighted by atomic mass is 14.7. The lowest BCUT2D eigenvalue weighted by Crippen LogP contribution is -2.34. The van der Waals surface area contributed by atoms with E-state index in [1.807, 2.05) is 6.92 Å². The summed E-state index contributed by atoms with van der Waals surface area (Å²) in [6.45, 7) is 2.00. The number of hydrogen-bond acceptors (Lipinski definition) is 0. The Balaban J connectivity index is 2.31. The molecule has 0 aromatic carbocycles. The lowest BCUT2D eigenvalue weighted by Gasteiger charge is -2.32. The molecule has 0 bridgehead atoms. The Morgan fingerprint density at radius 2 is 1.83 bits per heavy atom. The third-order valence-corrected chi connectivity index (χ3v) is 1.46. The molecule has 0 amide bonds. The van der Waals surface area contributed by atoms with Crippen molar-refractivity contribution in [3.05, 3.63) is 0 Å². The molecule has 0 heterocycles. The fourth-order valence-corrected chi connectivity index (χ4v) is 0.707. The molecule has 1 saturated carbocycles. The zero-order chi connectivity index (χ0) is 4.62. The first-order valence-electron chi connectivity index (χ1n) is 2.46. The Morgan fingerprint density at radius 1 is 1.50 bits per heavy atom. The molecule has 1 radical (unpaired) electrons. The molecule has 1 rings (SSSR count). The van der Waals surface area contributed by atoms with Gasteiger partial charge in [-0.25, -0.2) is 0 Å². The summed E-state index contributed by atoms with van der Waals surface area (Å²) in [6.07, 6.45) is 3.51. The van der Waals surface area contributed by atoms with E-state index in [2.05, 4.69) is 0 Å². The molecule has 0 saturated heterocycles. The van der Waals surface area contributed by atoms with Gasteiger partial charge < -0.3 is 0 Å². The average molecular weight is 84.1 g/mol. The maximum atomic E-state index is 7.27. The van der Waals surface area contributed by atoms with Crippen LogP contribution in [-0.2, 0) is 0 Å². The van der Waals surface area contributed by atoms with E-state index in [0.717, 1.165) is 12.8 Å². The molecule has 1 heteroatoms. The van der Waals surface area contributed by atoms with E-state index in [1.54, 1.807) is 0 Å².